The average molecular weight is 509 g/mol. The van der Waals surface area contributed by atoms with Gasteiger partial charge in [-0.05, 0) is 37.6 Å². The van der Waals surface area contributed by atoms with Crippen LogP contribution >= 0.6 is 11.3 Å². The lowest BCUT2D eigenvalue weighted by Gasteiger charge is -2.22. The number of hydrogen-bond donors (Lipinski definition) is 0. The summed E-state index contributed by atoms with van der Waals surface area (Å²) < 4.78 is 24.8. The lowest BCUT2D eigenvalue weighted by molar-refractivity contribution is -0.384. The molecule has 1 aliphatic heterocycles. The summed E-state index contributed by atoms with van der Waals surface area (Å²) in [6, 6.07) is 7.64. The Hall–Kier alpha value is -4.45. The highest BCUT2D eigenvalue weighted by Crippen LogP contribution is 2.43. The number of nitrogens with zero attached hydrogens (tertiary/aromatic N) is 3. The Morgan fingerprint density at radius 2 is 2.06 bits per heavy atom. The van der Waals surface area contributed by atoms with E-state index < -0.39 is 34.1 Å². The van der Waals surface area contributed by atoms with Crippen LogP contribution in [0, 0.1) is 22.9 Å². The zero-order valence-corrected chi connectivity index (χ0v) is 19.6. The van der Waals surface area contributed by atoms with Gasteiger partial charge in [0.25, 0.3) is 11.6 Å². The fourth-order valence-electron chi connectivity index (χ4n) is 4.14. The fraction of sp³-hybridized carbons (Fsp3) is 0.167. The van der Waals surface area contributed by atoms with Gasteiger partial charge >= 0.3 is 5.97 Å². The van der Waals surface area contributed by atoms with Crippen LogP contribution in [0.5, 0.6) is 0 Å². The quantitative estimate of drug-likeness (QED) is 0.218. The third-order valence-corrected chi connectivity index (χ3v) is 6.82. The van der Waals surface area contributed by atoms with Gasteiger partial charge in [0.2, 0.25) is 5.76 Å². The lowest BCUT2D eigenvalue weighted by atomic mass is 9.98. The number of hydrogen-bond acceptors (Lipinski definition) is 9. The maximum absolute atomic E-state index is 13.9. The average Bonchev–Trinajstić information content (AvgIpc) is 3.37. The third kappa shape index (κ3) is 3.62. The number of benzene rings is 2. The number of rotatable bonds is 5. The van der Waals surface area contributed by atoms with Crippen LogP contribution in [-0.2, 0) is 4.74 Å². The second kappa shape index (κ2) is 8.64. The number of anilines is 1. The molecule has 0 aliphatic carbocycles. The molecule has 0 saturated heterocycles. The van der Waals surface area contributed by atoms with E-state index in [0.29, 0.717) is 5.69 Å². The Kier molecular flexibility index (Phi) is 5.59. The summed E-state index contributed by atoms with van der Waals surface area (Å²) in [5.74, 6) is -2.31. The van der Waals surface area contributed by atoms with Gasteiger partial charge in [-0.1, -0.05) is 23.5 Å². The monoisotopic (exact) mass is 509 g/mol. The van der Waals surface area contributed by atoms with E-state index >= 15 is 0 Å². The van der Waals surface area contributed by atoms with E-state index in [1.165, 1.54) is 30.3 Å². The largest absolute Gasteiger partial charge is 0.462 e. The van der Waals surface area contributed by atoms with Gasteiger partial charge in [-0.15, -0.1) is 0 Å². The van der Waals surface area contributed by atoms with Crippen LogP contribution in [-0.4, -0.2) is 28.4 Å². The molecule has 0 radical (unpaired) electrons. The molecule has 5 rings (SSSR count). The number of nitro groups is 1. The normalized spacial score (nSPS) is 14.8. The van der Waals surface area contributed by atoms with Crippen molar-refractivity contribution >= 4 is 45.0 Å². The second-order valence-corrected chi connectivity index (χ2v) is 8.85. The van der Waals surface area contributed by atoms with E-state index in [4.69, 9.17) is 9.15 Å². The van der Waals surface area contributed by atoms with Crippen molar-refractivity contribution in [3.8, 4) is 0 Å². The molecule has 10 nitrogen and oxygen atoms in total. The molecule has 0 saturated carbocycles. The van der Waals surface area contributed by atoms with Crippen molar-refractivity contribution in [3.05, 3.63) is 96.1 Å². The summed E-state index contributed by atoms with van der Waals surface area (Å²) >= 11 is 0.883. The minimum atomic E-state index is -1.17. The first-order valence-corrected chi connectivity index (χ1v) is 11.5. The topological polar surface area (TPSA) is 133 Å². The fourth-order valence-corrected chi connectivity index (χ4v) is 5.12. The van der Waals surface area contributed by atoms with Gasteiger partial charge in [-0.25, -0.2) is 14.2 Å². The number of thiazole rings is 1. The Balaban J connectivity index is 1.77. The number of nitro benzene ring substituents is 1. The molecule has 182 valence electrons. The Morgan fingerprint density at radius 1 is 1.28 bits per heavy atom. The molecule has 2 aromatic carbocycles. The summed E-state index contributed by atoms with van der Waals surface area (Å²) in [4.78, 5) is 56.0. The predicted octanol–water partition coefficient (Wildman–Crippen LogP) is 4.53. The number of aromatic nitrogens is 1. The van der Waals surface area contributed by atoms with Crippen LogP contribution in [0.4, 0.5) is 15.2 Å². The third-order valence-electron chi connectivity index (χ3n) is 5.68. The van der Waals surface area contributed by atoms with Crippen molar-refractivity contribution in [1.82, 2.24) is 4.98 Å². The van der Waals surface area contributed by atoms with Crippen LogP contribution in [0.1, 0.15) is 50.0 Å². The molecule has 0 bridgehead atoms. The Bertz CT molecular complexity index is 1640. The van der Waals surface area contributed by atoms with Crippen molar-refractivity contribution in [2.75, 3.05) is 11.5 Å². The van der Waals surface area contributed by atoms with Crippen molar-refractivity contribution in [1.29, 1.82) is 0 Å². The Morgan fingerprint density at radius 3 is 2.78 bits per heavy atom. The van der Waals surface area contributed by atoms with Gasteiger partial charge in [0.1, 0.15) is 16.3 Å². The maximum atomic E-state index is 13.9. The van der Waals surface area contributed by atoms with Crippen molar-refractivity contribution in [3.63, 3.8) is 0 Å². The van der Waals surface area contributed by atoms with Crippen molar-refractivity contribution < 1.29 is 28.1 Å². The first-order chi connectivity index (χ1) is 17.2. The van der Waals surface area contributed by atoms with E-state index in [2.05, 4.69) is 4.98 Å². The highest BCUT2D eigenvalue weighted by Gasteiger charge is 2.45. The number of amides is 1. The summed E-state index contributed by atoms with van der Waals surface area (Å²) in [6.07, 6.45) is 0. The van der Waals surface area contributed by atoms with Crippen molar-refractivity contribution in [2.45, 2.75) is 19.9 Å². The zero-order chi connectivity index (χ0) is 25.7. The molecule has 12 heteroatoms. The number of ether oxygens (including phenoxy) is 1. The molecule has 36 heavy (non-hydrogen) atoms. The number of fused-ring (bicyclic) bond motifs is 2. The molecule has 3 heterocycles. The molecule has 0 spiro atoms. The summed E-state index contributed by atoms with van der Waals surface area (Å²) in [7, 11) is 0. The molecule has 1 unspecified atom stereocenters. The predicted molar refractivity (Wildman–Crippen MR) is 127 cm³/mol. The summed E-state index contributed by atoms with van der Waals surface area (Å²) in [6.45, 7) is 3.36. The molecule has 2 aromatic heterocycles. The molecule has 0 N–H and O–H groups in total. The number of aryl methyl sites for hydroxylation is 1. The van der Waals surface area contributed by atoms with Crippen LogP contribution < -0.4 is 10.3 Å². The highest BCUT2D eigenvalue weighted by molar-refractivity contribution is 7.17. The highest BCUT2D eigenvalue weighted by atomic mass is 32.1. The van der Waals surface area contributed by atoms with E-state index in [0.717, 1.165) is 28.4 Å². The van der Waals surface area contributed by atoms with Crippen LogP contribution in [0.15, 0.2) is 51.7 Å². The number of carbonyl (C=O) groups is 2. The van der Waals surface area contributed by atoms with Gasteiger partial charge in [-0.2, -0.15) is 0 Å². The first-order valence-electron chi connectivity index (χ1n) is 10.7. The SMILES string of the molecule is CCOC(=O)c1sc(N2C(=O)c3oc4ccc(F)cc4c(=O)c3C2c2cccc([N+](=O)[O-])c2)nc1C. The summed E-state index contributed by atoms with van der Waals surface area (Å²) in [5, 5.41) is 11.4. The van der Waals surface area contributed by atoms with E-state index in [1.54, 1.807) is 13.8 Å². The smallest absolute Gasteiger partial charge is 0.350 e. The number of non-ortho nitro benzene ring substituents is 1. The molecule has 1 amide bonds. The second-order valence-electron chi connectivity index (χ2n) is 7.88. The first kappa shape index (κ1) is 23.3. The number of halogens is 1. The lowest BCUT2D eigenvalue weighted by Crippen LogP contribution is -2.29. The molecular weight excluding hydrogens is 493 g/mol. The van der Waals surface area contributed by atoms with E-state index in [9.17, 15) is 28.9 Å². The van der Waals surface area contributed by atoms with E-state index in [-0.39, 0.29) is 50.2 Å². The molecule has 0 fully saturated rings. The molecule has 1 aliphatic rings. The maximum Gasteiger partial charge on any atom is 0.350 e. The number of carbonyl (C=O) groups excluding carboxylic acids is 2. The standard InChI is InChI=1S/C24H16FN3O7S/c1-3-34-23(31)21-11(2)26-24(36-21)27-18(12-5-4-6-14(9-12)28(32)33)17-19(29)15-10-13(25)7-8-16(15)35-20(17)22(27)30/h4-10,18H,3H2,1-2H3. The minimum Gasteiger partial charge on any atom is -0.462 e. The summed E-state index contributed by atoms with van der Waals surface area (Å²) in [5.41, 5.74) is -0.463. The van der Waals surface area contributed by atoms with Gasteiger partial charge in [-0.3, -0.25) is 24.6 Å². The van der Waals surface area contributed by atoms with Crippen molar-refractivity contribution in [2.24, 2.45) is 0 Å². The van der Waals surface area contributed by atoms with Gasteiger partial charge in [0, 0.05) is 12.1 Å². The van der Waals surface area contributed by atoms with Crippen LogP contribution in [0.25, 0.3) is 11.0 Å². The van der Waals surface area contributed by atoms with Crippen LogP contribution in [0.2, 0.25) is 0 Å². The van der Waals surface area contributed by atoms with Gasteiger partial charge in [0.15, 0.2) is 10.6 Å². The minimum absolute atomic E-state index is 0.00988. The molecule has 1 atom stereocenters. The number of esters is 1. The van der Waals surface area contributed by atoms with Gasteiger partial charge in [0.05, 0.1) is 34.2 Å². The van der Waals surface area contributed by atoms with E-state index in [1.807, 2.05) is 0 Å². The Labute approximate surface area is 205 Å². The zero-order valence-electron chi connectivity index (χ0n) is 18.8. The molecule has 4 aromatic rings. The van der Waals surface area contributed by atoms with Gasteiger partial charge < -0.3 is 9.15 Å². The van der Waals surface area contributed by atoms with Crippen LogP contribution in [0.3, 0.4) is 0 Å². The molecular formula is C24H16FN3O7S.